The second-order valence-electron chi connectivity index (χ2n) is 11.1. The zero-order valence-electron chi connectivity index (χ0n) is 22.1. The van der Waals surface area contributed by atoms with Crippen molar-refractivity contribution in [3.8, 4) is 11.3 Å². The molecule has 1 amide bonds. The normalized spacial score (nSPS) is 21.5. The number of halogens is 1. The third kappa shape index (κ3) is 3.82. The predicted molar refractivity (Wildman–Crippen MR) is 152 cm³/mol. The number of ether oxygens (including phenoxy) is 1. The first-order valence-corrected chi connectivity index (χ1v) is 13.5. The molecule has 1 fully saturated rings. The van der Waals surface area contributed by atoms with Gasteiger partial charge in [0.2, 0.25) is 5.60 Å². The number of para-hydroxylation sites is 1. The molecule has 3 aliphatic heterocycles. The van der Waals surface area contributed by atoms with Gasteiger partial charge >= 0.3 is 5.97 Å². The van der Waals surface area contributed by atoms with Crippen LogP contribution in [0.25, 0.3) is 27.9 Å². The zero-order valence-corrected chi connectivity index (χ0v) is 22.1. The van der Waals surface area contributed by atoms with Crippen molar-refractivity contribution in [2.45, 2.75) is 25.0 Å². The summed E-state index contributed by atoms with van der Waals surface area (Å²) in [5.41, 5.74) is 6.80. The number of nitrogens with one attached hydrogen (secondary N) is 3. The Bertz CT molecular complexity index is 1710. The third-order valence-corrected chi connectivity index (χ3v) is 8.35. The number of hydrogen-bond donors (Lipinski definition) is 3. The monoisotopic (exact) mass is 536 g/mol. The van der Waals surface area contributed by atoms with Gasteiger partial charge in [-0.25, -0.2) is 4.39 Å². The summed E-state index contributed by atoms with van der Waals surface area (Å²) >= 11 is 0. The van der Waals surface area contributed by atoms with Gasteiger partial charge in [0.25, 0.3) is 5.91 Å². The Labute approximate surface area is 231 Å². The molecule has 3 aromatic carbocycles. The highest BCUT2D eigenvalue weighted by Gasteiger charge is 2.57. The van der Waals surface area contributed by atoms with Gasteiger partial charge in [0.05, 0.1) is 5.92 Å². The van der Waals surface area contributed by atoms with E-state index < -0.39 is 11.5 Å². The van der Waals surface area contributed by atoms with Crippen LogP contribution in [-0.4, -0.2) is 41.9 Å². The number of aromatic nitrogens is 1. The molecule has 1 saturated heterocycles. The average molecular weight is 537 g/mol. The number of carbonyl (C=O) groups excluding carboxylic acids is 2. The Morgan fingerprint density at radius 2 is 1.93 bits per heavy atom. The number of rotatable bonds is 5. The number of esters is 1. The van der Waals surface area contributed by atoms with Gasteiger partial charge in [-0.05, 0) is 48.4 Å². The number of anilines is 1. The van der Waals surface area contributed by atoms with E-state index in [9.17, 15) is 14.0 Å². The van der Waals surface area contributed by atoms with Gasteiger partial charge in [0.15, 0.2) is 0 Å². The molecule has 0 saturated carbocycles. The molecule has 202 valence electrons. The minimum atomic E-state index is -1.23. The lowest BCUT2D eigenvalue weighted by Crippen LogP contribution is -2.34. The molecule has 0 bridgehead atoms. The molecule has 8 heteroatoms. The summed E-state index contributed by atoms with van der Waals surface area (Å²) in [5.74, 6) is -1.31. The minimum Gasteiger partial charge on any atom is -0.444 e. The highest BCUT2D eigenvalue weighted by Crippen LogP contribution is 2.47. The number of amides is 1. The Hall–Kier alpha value is -4.43. The van der Waals surface area contributed by atoms with Gasteiger partial charge in [-0.2, -0.15) is 0 Å². The van der Waals surface area contributed by atoms with Crippen molar-refractivity contribution in [3.63, 3.8) is 0 Å². The van der Waals surface area contributed by atoms with E-state index in [2.05, 4.69) is 51.4 Å². The van der Waals surface area contributed by atoms with E-state index in [0.717, 1.165) is 63.1 Å². The molecule has 4 aromatic rings. The summed E-state index contributed by atoms with van der Waals surface area (Å²) in [7, 11) is 1.97. The van der Waals surface area contributed by atoms with Gasteiger partial charge in [-0.15, -0.1) is 0 Å². The Morgan fingerprint density at radius 1 is 1.12 bits per heavy atom. The van der Waals surface area contributed by atoms with Crippen LogP contribution in [0.15, 0.2) is 67.2 Å². The van der Waals surface area contributed by atoms with Crippen LogP contribution in [0.2, 0.25) is 0 Å². The molecule has 1 aromatic heterocycles. The van der Waals surface area contributed by atoms with E-state index in [0.29, 0.717) is 25.2 Å². The molecule has 0 radical (unpaired) electrons. The zero-order chi connectivity index (χ0) is 27.6. The summed E-state index contributed by atoms with van der Waals surface area (Å²) in [6.45, 7) is 5.94. The molecule has 2 unspecified atom stereocenters. The molecule has 40 heavy (non-hydrogen) atoms. The summed E-state index contributed by atoms with van der Waals surface area (Å²) in [4.78, 5) is 31.2. The van der Waals surface area contributed by atoms with Crippen LogP contribution in [-0.2, 0) is 32.9 Å². The maximum absolute atomic E-state index is 14.3. The van der Waals surface area contributed by atoms with Crippen LogP contribution in [0.5, 0.6) is 0 Å². The molecule has 4 heterocycles. The number of nitrogens with zero attached hydrogens (tertiary/aromatic N) is 1. The lowest BCUT2D eigenvalue weighted by atomic mass is 9.88. The van der Waals surface area contributed by atoms with E-state index in [4.69, 9.17) is 4.74 Å². The quantitative estimate of drug-likeness (QED) is 0.315. The SMILES string of the molecule is C=C1NCCc2c(-c3ccc(CN(C)CC4CC5(OC4=O)C(=O)Nc4ccccc45)cc3)[nH]c3cc(F)cc1c23. The maximum Gasteiger partial charge on any atom is 0.311 e. The van der Waals surface area contributed by atoms with Crippen LogP contribution in [0.4, 0.5) is 10.1 Å². The van der Waals surface area contributed by atoms with Crippen molar-refractivity contribution in [2.75, 3.05) is 25.5 Å². The summed E-state index contributed by atoms with van der Waals surface area (Å²) in [5, 5.41) is 7.17. The van der Waals surface area contributed by atoms with Crippen molar-refractivity contribution in [2.24, 2.45) is 5.92 Å². The van der Waals surface area contributed by atoms with E-state index >= 15 is 0 Å². The molecular weight excluding hydrogens is 507 g/mol. The summed E-state index contributed by atoms with van der Waals surface area (Å²) in [6, 6.07) is 18.8. The Kier molecular flexibility index (Phi) is 5.57. The largest absolute Gasteiger partial charge is 0.444 e. The fraction of sp³-hybridized carbons (Fsp3) is 0.250. The highest BCUT2D eigenvalue weighted by atomic mass is 19.1. The van der Waals surface area contributed by atoms with Crippen LogP contribution >= 0.6 is 0 Å². The van der Waals surface area contributed by atoms with Gasteiger partial charge in [0.1, 0.15) is 5.82 Å². The maximum atomic E-state index is 14.3. The molecule has 7 nitrogen and oxygen atoms in total. The van der Waals surface area contributed by atoms with Gasteiger partial charge in [0, 0.05) is 65.2 Å². The van der Waals surface area contributed by atoms with Gasteiger partial charge in [-0.1, -0.05) is 49.0 Å². The summed E-state index contributed by atoms with van der Waals surface area (Å²) < 4.78 is 20.1. The lowest BCUT2D eigenvalue weighted by molar-refractivity contribution is -0.157. The Balaban J connectivity index is 1.08. The standard InChI is InChI=1S/C32H29FN4O3/c1-18-24-13-22(33)14-27-28(24)23(11-12-34-18)29(35-27)20-9-7-19(8-10-20)16-37(2)17-21-15-32(40-30(21)38)25-5-3-4-6-26(25)36-31(32)39/h3-10,13-14,21,34-35H,1,11-12,15-17H2,2H3,(H,36,39). The first-order chi connectivity index (χ1) is 19.3. The number of hydrogen-bond acceptors (Lipinski definition) is 5. The third-order valence-electron chi connectivity index (χ3n) is 8.35. The lowest BCUT2D eigenvalue weighted by Gasteiger charge is -2.21. The number of H-pyrrole nitrogens is 1. The van der Waals surface area contributed by atoms with Crippen LogP contribution in [0, 0.1) is 11.7 Å². The van der Waals surface area contributed by atoms with Crippen molar-refractivity contribution in [3.05, 3.63) is 95.3 Å². The molecule has 1 spiro atoms. The van der Waals surface area contributed by atoms with Crippen molar-refractivity contribution >= 4 is 34.2 Å². The smallest absolute Gasteiger partial charge is 0.311 e. The summed E-state index contributed by atoms with van der Waals surface area (Å²) in [6.07, 6.45) is 1.13. The molecule has 7 rings (SSSR count). The predicted octanol–water partition coefficient (Wildman–Crippen LogP) is 4.93. The Morgan fingerprint density at radius 3 is 2.75 bits per heavy atom. The fourth-order valence-corrected chi connectivity index (χ4v) is 6.52. The highest BCUT2D eigenvalue weighted by molar-refractivity contribution is 6.07. The van der Waals surface area contributed by atoms with E-state index in [1.807, 2.05) is 31.3 Å². The average Bonchev–Trinajstić information content (AvgIpc) is 3.50. The number of aromatic amines is 1. The van der Waals surface area contributed by atoms with E-state index in [1.165, 1.54) is 0 Å². The second-order valence-corrected chi connectivity index (χ2v) is 11.1. The molecule has 2 atom stereocenters. The number of fused-ring (bicyclic) bond motifs is 2. The molecule has 3 aliphatic rings. The van der Waals surface area contributed by atoms with Crippen LogP contribution in [0.3, 0.4) is 0 Å². The molecule has 3 N–H and O–H groups in total. The topological polar surface area (TPSA) is 86.5 Å². The van der Waals surface area contributed by atoms with Gasteiger partial charge in [-0.3, -0.25) is 9.59 Å². The fourth-order valence-electron chi connectivity index (χ4n) is 6.52. The van der Waals surface area contributed by atoms with E-state index in [1.54, 1.807) is 12.1 Å². The first-order valence-electron chi connectivity index (χ1n) is 13.5. The van der Waals surface area contributed by atoms with Gasteiger partial charge < -0.3 is 25.3 Å². The minimum absolute atomic E-state index is 0.274. The van der Waals surface area contributed by atoms with Crippen molar-refractivity contribution < 1.29 is 18.7 Å². The first kappa shape index (κ1) is 24.6. The van der Waals surface area contributed by atoms with Crippen LogP contribution < -0.4 is 10.6 Å². The molecular formula is C32H29FN4O3. The second kappa shape index (κ2) is 9.06. The number of carbonyl (C=O) groups is 2. The van der Waals surface area contributed by atoms with Crippen LogP contribution in [0.1, 0.15) is 28.7 Å². The molecule has 0 aliphatic carbocycles. The number of benzene rings is 3. The van der Waals surface area contributed by atoms with E-state index in [-0.39, 0.29) is 17.7 Å². The van der Waals surface area contributed by atoms with Crippen molar-refractivity contribution in [1.29, 1.82) is 0 Å². The van der Waals surface area contributed by atoms with Crippen molar-refractivity contribution in [1.82, 2.24) is 15.2 Å².